The Morgan fingerprint density at radius 3 is 2.51 bits per heavy atom. The molecule has 5 aliphatic carbocycles. The van der Waals surface area contributed by atoms with E-state index in [1.165, 1.54) is 32.4 Å². The number of esters is 2. The monoisotopic (exact) mass is 791 g/mol. The molecule has 8 rings (SSSR count). The van der Waals surface area contributed by atoms with Crippen LogP contribution in [0.4, 0.5) is 14.5 Å². The first-order valence-electron chi connectivity index (χ1n) is 20.1. The molecular formula is C43H51F2N3O9. The number of pyridine rings is 1. The van der Waals surface area contributed by atoms with E-state index < -0.39 is 87.1 Å². The number of ketones is 2. The maximum atomic E-state index is 17.8. The number of Topliss-reactive ketones (excluding diaryl/α,β-unsaturated/α-hetero) is 1. The van der Waals surface area contributed by atoms with Gasteiger partial charge in [0, 0.05) is 67.5 Å². The fourth-order valence-electron chi connectivity index (χ4n) is 11.8. The number of ether oxygens (including phenoxy) is 3. The first kappa shape index (κ1) is 39.4. The molecule has 1 aromatic carbocycles. The second-order valence-corrected chi connectivity index (χ2v) is 17.7. The van der Waals surface area contributed by atoms with Gasteiger partial charge >= 0.3 is 11.9 Å². The molecule has 1 saturated heterocycles. The number of allylic oxidation sites excluding steroid dienone is 4. The zero-order valence-corrected chi connectivity index (χ0v) is 33.3. The van der Waals surface area contributed by atoms with E-state index in [0.29, 0.717) is 43.6 Å². The van der Waals surface area contributed by atoms with Crippen molar-refractivity contribution >= 4 is 40.1 Å². The summed E-state index contributed by atoms with van der Waals surface area (Å²) in [6.45, 7) is 9.12. The van der Waals surface area contributed by atoms with E-state index in [4.69, 9.17) is 14.2 Å². The quantitative estimate of drug-likeness (QED) is 0.350. The number of nitrogens with one attached hydrogen (secondary N) is 1. The molecule has 2 N–H and O–H groups in total. The predicted octanol–water partition coefficient (Wildman–Crippen LogP) is 4.93. The van der Waals surface area contributed by atoms with Gasteiger partial charge in [-0.15, -0.1) is 0 Å². The van der Waals surface area contributed by atoms with E-state index in [0.717, 1.165) is 18.9 Å². The number of carbonyl (C=O) groups is 4. The number of hydrogen-bond donors (Lipinski definition) is 2. The van der Waals surface area contributed by atoms with Crippen LogP contribution in [0, 0.1) is 34.4 Å². The van der Waals surface area contributed by atoms with Gasteiger partial charge in [-0.2, -0.15) is 0 Å². The SMILES string of the molecule is COc1c(N2CCNC(C)C2)c(F)cc2c(=O)c(C(=O)OCC(=O)[C@@]3(OC(C)=O)[C@H](C)C[C@H]4[C@@H]5CCC6=CC(=O)C=C[C@]6(C)[C@@]5(F)[C@@H](O)C[C@@]43C)cn(C3CC3)c12. The number of hydrogen-bond acceptors (Lipinski definition) is 11. The molecule has 0 amide bonds. The van der Waals surface area contributed by atoms with Gasteiger partial charge in [0.25, 0.3) is 0 Å². The van der Waals surface area contributed by atoms with Gasteiger partial charge in [-0.3, -0.25) is 19.2 Å². The number of methoxy groups -OCH3 is 1. The maximum Gasteiger partial charge on any atom is 0.344 e. The summed E-state index contributed by atoms with van der Waals surface area (Å²) in [5.41, 5.74) is -6.59. The molecule has 5 fully saturated rings. The van der Waals surface area contributed by atoms with Gasteiger partial charge in [0.15, 0.2) is 35.2 Å². The number of anilines is 1. The van der Waals surface area contributed by atoms with E-state index >= 15 is 8.78 Å². The molecule has 0 spiro atoms. The minimum Gasteiger partial charge on any atom is -0.492 e. The van der Waals surface area contributed by atoms with Crippen molar-refractivity contribution in [2.45, 2.75) is 103 Å². The smallest absolute Gasteiger partial charge is 0.344 e. The Balaban J connectivity index is 1.12. The molecule has 0 bridgehead atoms. The number of aromatic nitrogens is 1. The van der Waals surface area contributed by atoms with Crippen molar-refractivity contribution in [2.24, 2.45) is 28.6 Å². The van der Waals surface area contributed by atoms with Gasteiger partial charge < -0.3 is 34.1 Å². The molecule has 14 heteroatoms. The summed E-state index contributed by atoms with van der Waals surface area (Å²) >= 11 is 0. The average molecular weight is 792 g/mol. The largest absolute Gasteiger partial charge is 0.492 e. The maximum absolute atomic E-state index is 17.8. The summed E-state index contributed by atoms with van der Waals surface area (Å²) in [4.78, 5) is 69.6. The van der Waals surface area contributed by atoms with E-state index in [1.807, 2.05) is 11.8 Å². The van der Waals surface area contributed by atoms with Gasteiger partial charge in [0.2, 0.25) is 11.2 Å². The number of aliphatic hydroxyl groups excluding tert-OH is 1. The number of halogens is 2. The Morgan fingerprint density at radius 2 is 1.84 bits per heavy atom. The van der Waals surface area contributed by atoms with Gasteiger partial charge in [-0.05, 0) is 76.5 Å². The highest BCUT2D eigenvalue weighted by Gasteiger charge is 2.77. The zero-order valence-electron chi connectivity index (χ0n) is 33.3. The van der Waals surface area contributed by atoms with Crippen molar-refractivity contribution in [3.63, 3.8) is 0 Å². The summed E-state index contributed by atoms with van der Waals surface area (Å²) in [5, 5.41) is 15.1. The summed E-state index contributed by atoms with van der Waals surface area (Å²) in [7, 11) is 1.42. The van der Waals surface area contributed by atoms with Crippen LogP contribution < -0.4 is 20.4 Å². The molecule has 12 nitrogen and oxygen atoms in total. The fourth-order valence-corrected chi connectivity index (χ4v) is 11.8. The number of fused-ring (bicyclic) bond motifs is 6. The van der Waals surface area contributed by atoms with Crippen LogP contribution in [-0.4, -0.2) is 89.9 Å². The van der Waals surface area contributed by atoms with Gasteiger partial charge in [-0.1, -0.05) is 25.5 Å². The van der Waals surface area contributed by atoms with Crippen molar-refractivity contribution < 1.29 is 47.3 Å². The highest BCUT2D eigenvalue weighted by molar-refractivity contribution is 6.01. The standard InChI is InChI=1S/C43H51F2N3O9/c1-22-15-31-30-10-7-25-16-27(50)11-12-40(25,4)42(30,45)33(51)18-41(31,5)43(22,57-24(3)49)34(52)21-56-39(54)29-20-48(26-8-9-26)35-28(37(29)53)17-32(44)36(38(35)55-6)47-14-13-46-23(2)19-47/h11-12,16-17,20,22-23,26,30-31,33,46,51H,7-10,13-15,18-19,21H2,1-6H3/t22-,23?,30+,31+,33+,40+,41+,42+,43+/m1/s1. The van der Waals surface area contributed by atoms with E-state index in [1.54, 1.807) is 31.4 Å². The molecule has 2 aromatic rings. The number of nitrogens with zero attached hydrogens (tertiary/aromatic N) is 2. The summed E-state index contributed by atoms with van der Waals surface area (Å²) in [6, 6.07) is 1.14. The topological polar surface area (TPSA) is 153 Å². The molecular weight excluding hydrogens is 740 g/mol. The Hall–Kier alpha value is -4.43. The number of alkyl halides is 1. The molecule has 4 saturated carbocycles. The molecule has 9 atom stereocenters. The van der Waals surface area contributed by atoms with E-state index in [2.05, 4.69) is 5.32 Å². The van der Waals surface area contributed by atoms with Gasteiger partial charge in [0.1, 0.15) is 11.3 Å². The molecule has 1 aliphatic heterocycles. The van der Waals surface area contributed by atoms with Crippen molar-refractivity contribution in [2.75, 3.05) is 38.3 Å². The van der Waals surface area contributed by atoms with Crippen LogP contribution in [0.25, 0.3) is 10.9 Å². The normalized spacial score (nSPS) is 35.9. The first-order valence-corrected chi connectivity index (χ1v) is 20.1. The molecule has 2 heterocycles. The Labute approximate surface area is 329 Å². The second-order valence-electron chi connectivity index (χ2n) is 17.7. The summed E-state index contributed by atoms with van der Waals surface area (Å²) < 4.78 is 53.1. The van der Waals surface area contributed by atoms with Crippen molar-refractivity contribution in [3.05, 3.63) is 57.7 Å². The zero-order chi connectivity index (χ0) is 41.0. The van der Waals surface area contributed by atoms with Gasteiger partial charge in [0.05, 0.1) is 24.1 Å². The van der Waals surface area contributed by atoms with Crippen molar-refractivity contribution in [1.29, 1.82) is 0 Å². The molecule has 6 aliphatic rings. The Bertz CT molecular complexity index is 2220. The van der Waals surface area contributed by atoms with Crippen LogP contribution in [0.1, 0.15) is 89.5 Å². The third-order valence-electron chi connectivity index (χ3n) is 14.5. The van der Waals surface area contributed by atoms with E-state index in [-0.39, 0.29) is 47.5 Å². The van der Waals surface area contributed by atoms with Crippen LogP contribution >= 0.6 is 0 Å². The number of benzene rings is 1. The molecule has 1 aromatic heterocycles. The lowest BCUT2D eigenvalue weighted by atomic mass is 9.44. The Morgan fingerprint density at radius 1 is 1.11 bits per heavy atom. The first-order chi connectivity index (χ1) is 26.9. The fraction of sp³-hybridized carbons (Fsp3) is 0.605. The minimum absolute atomic E-state index is 0.0673. The molecule has 0 radical (unpaired) electrons. The summed E-state index contributed by atoms with van der Waals surface area (Å²) in [5.74, 6) is -5.30. The second kappa shape index (κ2) is 13.6. The van der Waals surface area contributed by atoms with Crippen LogP contribution in [0.2, 0.25) is 0 Å². The predicted molar refractivity (Wildman–Crippen MR) is 205 cm³/mol. The lowest BCUT2D eigenvalue weighted by Gasteiger charge is -2.62. The number of aliphatic hydroxyl groups is 1. The van der Waals surface area contributed by atoms with Crippen LogP contribution in [0.15, 0.2) is 40.9 Å². The lowest BCUT2D eigenvalue weighted by molar-refractivity contribution is -0.227. The third kappa shape index (κ3) is 5.59. The van der Waals surface area contributed by atoms with Crippen LogP contribution in [0.5, 0.6) is 5.75 Å². The Kier molecular flexibility index (Phi) is 9.38. The van der Waals surface area contributed by atoms with E-state index in [9.17, 15) is 29.1 Å². The highest BCUT2D eigenvalue weighted by Crippen LogP contribution is 2.71. The average Bonchev–Trinajstić information content (AvgIpc) is 3.98. The van der Waals surface area contributed by atoms with Gasteiger partial charge in [-0.25, -0.2) is 13.6 Å². The third-order valence-corrected chi connectivity index (χ3v) is 14.5. The van der Waals surface area contributed by atoms with Crippen molar-refractivity contribution in [1.82, 2.24) is 9.88 Å². The summed E-state index contributed by atoms with van der Waals surface area (Å²) in [6.07, 6.45) is 6.38. The molecule has 1 unspecified atom stereocenters. The van der Waals surface area contributed by atoms with Crippen LogP contribution in [-0.2, 0) is 23.9 Å². The number of rotatable bonds is 8. The molecule has 57 heavy (non-hydrogen) atoms. The number of piperazine rings is 1. The van der Waals surface area contributed by atoms with Crippen molar-refractivity contribution in [3.8, 4) is 5.75 Å². The lowest BCUT2D eigenvalue weighted by Crippen LogP contribution is -2.70. The highest BCUT2D eigenvalue weighted by atomic mass is 19.1. The molecule has 306 valence electrons. The minimum atomic E-state index is -2.18. The number of carbonyl (C=O) groups excluding carboxylic acids is 4. The van der Waals surface area contributed by atoms with Crippen LogP contribution in [0.3, 0.4) is 0 Å².